The first-order valence-electron chi connectivity index (χ1n) is 10.9. The topological polar surface area (TPSA) is 112 Å². The molecule has 2 aromatic heterocycles. The molecule has 0 aliphatic carbocycles. The summed E-state index contributed by atoms with van der Waals surface area (Å²) in [4.78, 5) is 22.1. The number of nitriles is 1. The van der Waals surface area contributed by atoms with Gasteiger partial charge in [-0.25, -0.2) is 23.0 Å². The van der Waals surface area contributed by atoms with Crippen molar-refractivity contribution >= 4 is 11.9 Å². The van der Waals surface area contributed by atoms with Crippen LogP contribution in [-0.2, 0) is 24.4 Å². The highest BCUT2D eigenvalue weighted by Gasteiger charge is 2.30. The Labute approximate surface area is 205 Å². The second-order valence-electron chi connectivity index (χ2n) is 8.00. The number of aromatic amines is 1. The summed E-state index contributed by atoms with van der Waals surface area (Å²) >= 11 is 0. The number of carbonyl (C=O) groups excluding carboxylic acids is 1. The fourth-order valence-corrected chi connectivity index (χ4v) is 3.71. The molecule has 36 heavy (non-hydrogen) atoms. The number of anilines is 1. The van der Waals surface area contributed by atoms with Gasteiger partial charge in [-0.2, -0.15) is 5.26 Å². The highest BCUT2D eigenvalue weighted by Crippen LogP contribution is 2.19. The fraction of sp³-hybridized carbons (Fsp3) is 0.200. The van der Waals surface area contributed by atoms with Gasteiger partial charge in [0.15, 0.2) is 11.5 Å². The smallest absolute Gasteiger partial charge is 0.395 e. The molecular weight excluding hydrogens is 468 g/mol. The quantitative estimate of drug-likeness (QED) is 0.299. The van der Waals surface area contributed by atoms with Gasteiger partial charge < -0.3 is 9.72 Å². The first-order valence-corrected chi connectivity index (χ1v) is 10.9. The number of rotatable bonds is 8. The van der Waals surface area contributed by atoms with Crippen molar-refractivity contribution in [3.63, 3.8) is 0 Å². The molecule has 0 fully saturated rings. The van der Waals surface area contributed by atoms with Crippen molar-refractivity contribution in [1.82, 2.24) is 20.2 Å². The Morgan fingerprint density at radius 3 is 2.58 bits per heavy atom. The number of nitrogens with zero attached hydrogens (tertiary/aromatic N) is 6. The molecule has 0 saturated heterocycles. The van der Waals surface area contributed by atoms with Crippen LogP contribution in [0, 0.1) is 29.9 Å². The van der Waals surface area contributed by atoms with Gasteiger partial charge in [0.1, 0.15) is 30.2 Å². The van der Waals surface area contributed by atoms with Crippen LogP contribution in [0.3, 0.4) is 0 Å². The van der Waals surface area contributed by atoms with E-state index in [1.165, 1.54) is 25.6 Å². The summed E-state index contributed by atoms with van der Waals surface area (Å²) in [5.41, 5.74) is 2.28. The lowest BCUT2D eigenvalue weighted by atomic mass is 10.1. The third kappa shape index (κ3) is 5.50. The van der Waals surface area contributed by atoms with Crippen LogP contribution in [0.2, 0.25) is 0 Å². The average molecular weight is 490 g/mol. The average Bonchev–Trinajstić information content (AvgIpc) is 3.39. The summed E-state index contributed by atoms with van der Waals surface area (Å²) < 4.78 is 34.8. The van der Waals surface area contributed by atoms with Gasteiger partial charge >= 0.3 is 11.9 Å². The predicted octanol–water partition coefficient (Wildman–Crippen LogP) is 2.99. The number of aryl methyl sites for hydroxylation is 1. The van der Waals surface area contributed by atoms with Gasteiger partial charge in [-0.15, -0.1) is 10.2 Å². The zero-order valence-corrected chi connectivity index (χ0v) is 19.6. The van der Waals surface area contributed by atoms with Crippen LogP contribution in [0.15, 0.2) is 54.9 Å². The predicted molar refractivity (Wildman–Crippen MR) is 123 cm³/mol. The molecule has 2 heterocycles. The zero-order valence-electron chi connectivity index (χ0n) is 19.6. The Bertz CT molecular complexity index is 1420. The fourth-order valence-electron chi connectivity index (χ4n) is 3.71. The summed E-state index contributed by atoms with van der Waals surface area (Å²) in [6, 6.07) is 13.9. The number of hydrogen-bond donors (Lipinski definition) is 1. The molecule has 0 unspecified atom stereocenters. The molecule has 0 atom stereocenters. The molecular formula is C25H22F2N7O2+. The summed E-state index contributed by atoms with van der Waals surface area (Å²) in [5.74, 6) is -1.17. The number of halogens is 2. The number of nitrogens with one attached hydrogen (secondary N) is 1. The summed E-state index contributed by atoms with van der Waals surface area (Å²) in [5, 5.41) is 16.9. The van der Waals surface area contributed by atoms with E-state index in [-0.39, 0.29) is 30.9 Å². The Hall–Kier alpha value is -4.72. The van der Waals surface area contributed by atoms with Crippen molar-refractivity contribution in [1.29, 1.82) is 5.26 Å². The van der Waals surface area contributed by atoms with E-state index in [0.29, 0.717) is 23.0 Å². The van der Waals surface area contributed by atoms with Crippen LogP contribution in [0.25, 0.3) is 0 Å². The van der Waals surface area contributed by atoms with E-state index in [4.69, 9.17) is 10.00 Å². The van der Waals surface area contributed by atoms with Gasteiger partial charge in [-0.1, -0.05) is 23.2 Å². The molecule has 182 valence electrons. The third-order valence-corrected chi connectivity index (χ3v) is 5.44. The maximum absolute atomic E-state index is 14.6. The van der Waals surface area contributed by atoms with E-state index in [2.05, 4.69) is 26.2 Å². The van der Waals surface area contributed by atoms with Crippen LogP contribution in [0.5, 0.6) is 0 Å². The molecule has 4 rings (SSSR count). The Morgan fingerprint density at radius 2 is 1.94 bits per heavy atom. The first kappa shape index (κ1) is 24.4. The Balaban J connectivity index is 1.85. The lowest BCUT2D eigenvalue weighted by molar-refractivity contribution is -0.681. The van der Waals surface area contributed by atoms with Gasteiger partial charge in [0.25, 0.3) is 0 Å². The van der Waals surface area contributed by atoms with Crippen molar-refractivity contribution in [2.45, 2.75) is 26.6 Å². The standard InChI is InChI=1S/C25H21F2N7O2/c1-16-9-22(24(35)36-2)34(12-18-5-3-17(11-28)4-6-18)25(31-16)33(14-23-29-15-30-32-23)13-19-7-8-20(26)10-21(19)27/h3-10,15H,12-14H2,1-2H3/p+1. The number of hydrogen-bond acceptors (Lipinski definition) is 7. The largest absolute Gasteiger partial charge is 0.463 e. The van der Waals surface area contributed by atoms with Gasteiger partial charge in [-0.05, 0) is 30.7 Å². The Kier molecular flexibility index (Phi) is 7.25. The normalized spacial score (nSPS) is 10.6. The van der Waals surface area contributed by atoms with Gasteiger partial charge in [0, 0.05) is 17.7 Å². The number of ether oxygens (including phenoxy) is 1. The van der Waals surface area contributed by atoms with Crippen molar-refractivity contribution in [3.05, 3.63) is 100 Å². The number of aromatic nitrogens is 5. The number of H-pyrrole nitrogens is 1. The molecule has 1 N–H and O–H groups in total. The van der Waals surface area contributed by atoms with E-state index in [9.17, 15) is 13.6 Å². The SMILES string of the molecule is COC(=O)c1cc(C)nc(N(Cc2nnc[nH]2)Cc2ccc(F)cc2F)[n+]1Cc1ccc(C#N)cc1. The molecule has 0 aliphatic heterocycles. The minimum atomic E-state index is -0.711. The van der Waals surface area contributed by atoms with E-state index in [1.54, 1.807) is 46.7 Å². The van der Waals surface area contributed by atoms with Gasteiger partial charge in [-0.3, -0.25) is 0 Å². The van der Waals surface area contributed by atoms with Gasteiger partial charge in [0.05, 0.1) is 31.8 Å². The minimum Gasteiger partial charge on any atom is -0.463 e. The summed E-state index contributed by atoms with van der Waals surface area (Å²) in [7, 11) is 1.28. The maximum atomic E-state index is 14.6. The second-order valence-corrected chi connectivity index (χ2v) is 8.00. The molecule has 0 saturated carbocycles. The maximum Gasteiger partial charge on any atom is 0.395 e. The zero-order chi connectivity index (χ0) is 25.7. The summed E-state index contributed by atoms with van der Waals surface area (Å²) in [6.07, 6.45) is 1.42. The van der Waals surface area contributed by atoms with Crippen LogP contribution in [0.1, 0.15) is 38.7 Å². The van der Waals surface area contributed by atoms with Crippen LogP contribution in [-0.4, -0.2) is 33.2 Å². The molecule has 9 nitrogen and oxygen atoms in total. The molecule has 4 aromatic rings. The van der Waals surface area contributed by atoms with Crippen molar-refractivity contribution in [3.8, 4) is 6.07 Å². The lowest BCUT2D eigenvalue weighted by Gasteiger charge is -2.20. The van der Waals surface area contributed by atoms with Crippen LogP contribution < -0.4 is 9.47 Å². The highest BCUT2D eigenvalue weighted by atomic mass is 19.1. The molecule has 0 amide bonds. The van der Waals surface area contributed by atoms with Crippen molar-refractivity contribution in [2.75, 3.05) is 12.0 Å². The molecule has 2 aromatic carbocycles. The van der Waals surface area contributed by atoms with Crippen LogP contribution >= 0.6 is 0 Å². The number of benzene rings is 2. The lowest BCUT2D eigenvalue weighted by Crippen LogP contribution is -2.48. The monoisotopic (exact) mass is 490 g/mol. The molecule has 11 heteroatoms. The van der Waals surface area contributed by atoms with E-state index in [0.717, 1.165) is 11.6 Å². The van der Waals surface area contributed by atoms with E-state index < -0.39 is 17.6 Å². The molecule has 0 bridgehead atoms. The molecule has 0 radical (unpaired) electrons. The first-order chi connectivity index (χ1) is 17.4. The summed E-state index contributed by atoms with van der Waals surface area (Å²) in [6.45, 7) is 2.07. The Morgan fingerprint density at radius 1 is 1.17 bits per heavy atom. The molecule has 0 aliphatic rings. The van der Waals surface area contributed by atoms with Crippen molar-refractivity contribution in [2.24, 2.45) is 0 Å². The van der Waals surface area contributed by atoms with Crippen LogP contribution in [0.4, 0.5) is 14.7 Å². The number of carbonyl (C=O) groups is 1. The number of methoxy groups -OCH3 is 1. The van der Waals surface area contributed by atoms with E-state index >= 15 is 0 Å². The highest BCUT2D eigenvalue weighted by molar-refractivity contribution is 5.85. The second kappa shape index (κ2) is 10.7. The third-order valence-electron chi connectivity index (χ3n) is 5.44. The number of esters is 1. The van der Waals surface area contributed by atoms with Gasteiger partial charge in [0.2, 0.25) is 0 Å². The minimum absolute atomic E-state index is 0.00273. The molecule has 0 spiro atoms. The van der Waals surface area contributed by atoms with Crippen molar-refractivity contribution < 1.29 is 22.9 Å². The van der Waals surface area contributed by atoms with E-state index in [1.807, 2.05) is 0 Å².